The summed E-state index contributed by atoms with van der Waals surface area (Å²) in [7, 11) is 0. The van der Waals surface area contributed by atoms with Gasteiger partial charge in [0.1, 0.15) is 17.7 Å². The molecular formula is C17H7Cl3N2O. The highest BCUT2D eigenvalue weighted by atomic mass is 35.5. The maximum atomic E-state index is 12.5. The molecule has 112 valence electrons. The van der Waals surface area contributed by atoms with Gasteiger partial charge in [-0.25, -0.2) is 0 Å². The standard InChI is InChI=1S/C17H7Cl3N2O/c18-14-7-16(20)15(19)6-13(14)17(23)12-3-1-10(2-4-12)5-11(8-21)9-22/h1-7H. The summed E-state index contributed by atoms with van der Waals surface area (Å²) in [6, 6.07) is 12.8. The van der Waals surface area contributed by atoms with Crippen molar-refractivity contribution in [3.63, 3.8) is 0 Å². The fourth-order valence-corrected chi connectivity index (χ4v) is 2.47. The predicted octanol–water partition coefficient (Wildman–Crippen LogP) is 5.31. The van der Waals surface area contributed by atoms with Gasteiger partial charge in [-0.2, -0.15) is 10.5 Å². The van der Waals surface area contributed by atoms with Crippen molar-refractivity contribution >= 4 is 46.7 Å². The van der Waals surface area contributed by atoms with Gasteiger partial charge < -0.3 is 0 Å². The van der Waals surface area contributed by atoms with E-state index in [2.05, 4.69) is 0 Å². The molecule has 0 spiro atoms. The Labute approximate surface area is 147 Å². The largest absolute Gasteiger partial charge is 0.289 e. The second-order valence-corrected chi connectivity index (χ2v) is 5.70. The van der Waals surface area contributed by atoms with Crippen LogP contribution >= 0.6 is 34.8 Å². The van der Waals surface area contributed by atoms with Gasteiger partial charge >= 0.3 is 0 Å². The topological polar surface area (TPSA) is 64.7 Å². The number of hydrogen-bond donors (Lipinski definition) is 0. The highest BCUT2D eigenvalue weighted by Gasteiger charge is 2.15. The zero-order chi connectivity index (χ0) is 17.0. The van der Waals surface area contributed by atoms with Crippen molar-refractivity contribution in [2.45, 2.75) is 0 Å². The minimum atomic E-state index is -0.301. The summed E-state index contributed by atoms with van der Waals surface area (Å²) in [5, 5.41) is 18.2. The molecule has 0 saturated carbocycles. The Hall–Kier alpha value is -2.30. The van der Waals surface area contributed by atoms with E-state index in [4.69, 9.17) is 45.3 Å². The Morgan fingerprint density at radius 3 is 2.04 bits per heavy atom. The number of allylic oxidation sites excluding steroid dienone is 1. The monoisotopic (exact) mass is 360 g/mol. The van der Waals surface area contributed by atoms with E-state index in [1.807, 2.05) is 0 Å². The molecule has 2 aromatic rings. The van der Waals surface area contributed by atoms with Crippen LogP contribution in [0.3, 0.4) is 0 Å². The lowest BCUT2D eigenvalue weighted by Crippen LogP contribution is -2.02. The first kappa shape index (κ1) is 17.1. The van der Waals surface area contributed by atoms with Crippen LogP contribution in [0.15, 0.2) is 42.0 Å². The van der Waals surface area contributed by atoms with Gasteiger partial charge in [-0.05, 0) is 23.8 Å². The number of carbonyl (C=O) groups excluding carboxylic acids is 1. The Kier molecular flexibility index (Phi) is 5.42. The summed E-state index contributed by atoms with van der Waals surface area (Å²) in [6.07, 6.45) is 1.43. The molecule has 0 aliphatic heterocycles. The van der Waals surface area contributed by atoms with Crippen LogP contribution in [-0.4, -0.2) is 5.78 Å². The summed E-state index contributed by atoms with van der Waals surface area (Å²) in [5.74, 6) is -0.301. The van der Waals surface area contributed by atoms with Gasteiger partial charge in [0.25, 0.3) is 0 Å². The van der Waals surface area contributed by atoms with Gasteiger partial charge in [-0.3, -0.25) is 4.79 Å². The van der Waals surface area contributed by atoms with Crippen LogP contribution in [0.5, 0.6) is 0 Å². The van der Waals surface area contributed by atoms with E-state index in [-0.39, 0.29) is 32.0 Å². The van der Waals surface area contributed by atoms with Crippen LogP contribution < -0.4 is 0 Å². The molecule has 0 amide bonds. The third-order valence-electron chi connectivity index (χ3n) is 2.98. The molecule has 0 N–H and O–H groups in total. The number of nitrogens with zero attached hydrogens (tertiary/aromatic N) is 2. The fourth-order valence-electron chi connectivity index (χ4n) is 1.84. The van der Waals surface area contributed by atoms with Gasteiger partial charge in [0.15, 0.2) is 5.78 Å². The first-order valence-corrected chi connectivity index (χ1v) is 7.41. The lowest BCUT2D eigenvalue weighted by atomic mass is 10.0. The predicted molar refractivity (Wildman–Crippen MR) is 90.5 cm³/mol. The van der Waals surface area contributed by atoms with E-state index in [0.29, 0.717) is 11.1 Å². The molecule has 0 saturated heterocycles. The Bertz CT molecular complexity index is 872. The van der Waals surface area contributed by atoms with Gasteiger partial charge in [-0.15, -0.1) is 0 Å². The second-order valence-electron chi connectivity index (χ2n) is 4.48. The molecule has 0 fully saturated rings. The maximum absolute atomic E-state index is 12.5. The summed E-state index contributed by atoms with van der Waals surface area (Å²) in [4.78, 5) is 12.5. The summed E-state index contributed by atoms with van der Waals surface area (Å²) < 4.78 is 0. The van der Waals surface area contributed by atoms with Crippen molar-refractivity contribution in [3.05, 3.63) is 73.7 Å². The van der Waals surface area contributed by atoms with Crippen LogP contribution in [0.2, 0.25) is 15.1 Å². The number of hydrogen-bond acceptors (Lipinski definition) is 3. The summed E-state index contributed by atoms with van der Waals surface area (Å²) >= 11 is 17.8. The molecule has 0 aliphatic carbocycles. The van der Waals surface area contributed by atoms with Crippen LogP contribution in [0, 0.1) is 22.7 Å². The Morgan fingerprint density at radius 1 is 0.913 bits per heavy atom. The third-order valence-corrected chi connectivity index (χ3v) is 4.01. The van der Waals surface area contributed by atoms with E-state index in [0.717, 1.165) is 0 Å². The van der Waals surface area contributed by atoms with Crippen LogP contribution in [0.4, 0.5) is 0 Å². The molecule has 2 aromatic carbocycles. The fraction of sp³-hybridized carbons (Fsp3) is 0. The molecule has 0 radical (unpaired) electrons. The average molecular weight is 362 g/mol. The normalized spacial score (nSPS) is 9.61. The lowest BCUT2D eigenvalue weighted by molar-refractivity contribution is 0.103. The smallest absolute Gasteiger partial charge is 0.194 e. The zero-order valence-electron chi connectivity index (χ0n) is 11.5. The molecule has 23 heavy (non-hydrogen) atoms. The minimum absolute atomic E-state index is 0.0170. The number of benzene rings is 2. The quantitative estimate of drug-likeness (QED) is 0.423. The van der Waals surface area contributed by atoms with Crippen molar-refractivity contribution in [3.8, 4) is 12.1 Å². The first-order chi connectivity index (χ1) is 11.0. The molecule has 0 heterocycles. The third kappa shape index (κ3) is 3.92. The average Bonchev–Trinajstić information content (AvgIpc) is 2.56. The molecule has 3 nitrogen and oxygen atoms in total. The Morgan fingerprint density at radius 2 is 1.48 bits per heavy atom. The van der Waals surface area contributed by atoms with E-state index in [1.165, 1.54) is 18.2 Å². The number of ketones is 1. The summed E-state index contributed by atoms with van der Waals surface area (Å²) in [5.41, 5.74) is 1.27. The lowest BCUT2D eigenvalue weighted by Gasteiger charge is -2.06. The van der Waals surface area contributed by atoms with Crippen molar-refractivity contribution in [1.29, 1.82) is 10.5 Å². The molecule has 0 unspecified atom stereocenters. The molecule has 0 bridgehead atoms. The van der Waals surface area contributed by atoms with Crippen LogP contribution in [0.1, 0.15) is 21.5 Å². The van der Waals surface area contributed by atoms with Crippen molar-refractivity contribution < 1.29 is 4.79 Å². The van der Waals surface area contributed by atoms with Gasteiger partial charge in [0.05, 0.1) is 15.1 Å². The van der Waals surface area contributed by atoms with Crippen LogP contribution in [-0.2, 0) is 0 Å². The van der Waals surface area contributed by atoms with Gasteiger partial charge in [0.2, 0.25) is 0 Å². The SMILES string of the molecule is N#CC(C#N)=Cc1ccc(C(=O)c2cc(Cl)c(Cl)cc2Cl)cc1. The molecule has 2 rings (SSSR count). The van der Waals surface area contributed by atoms with Crippen molar-refractivity contribution in [2.75, 3.05) is 0 Å². The van der Waals surface area contributed by atoms with Crippen molar-refractivity contribution in [2.24, 2.45) is 0 Å². The first-order valence-electron chi connectivity index (χ1n) is 6.27. The highest BCUT2D eigenvalue weighted by molar-refractivity contribution is 6.44. The number of halogens is 3. The van der Waals surface area contributed by atoms with E-state index >= 15 is 0 Å². The number of rotatable bonds is 3. The maximum Gasteiger partial charge on any atom is 0.194 e. The van der Waals surface area contributed by atoms with Crippen molar-refractivity contribution in [1.82, 2.24) is 0 Å². The van der Waals surface area contributed by atoms with E-state index < -0.39 is 0 Å². The molecular weight excluding hydrogens is 355 g/mol. The highest BCUT2D eigenvalue weighted by Crippen LogP contribution is 2.30. The second kappa shape index (κ2) is 7.31. The Balaban J connectivity index is 2.36. The van der Waals surface area contributed by atoms with Gasteiger partial charge in [0, 0.05) is 11.1 Å². The van der Waals surface area contributed by atoms with E-state index in [1.54, 1.807) is 36.4 Å². The molecule has 0 atom stereocenters. The van der Waals surface area contributed by atoms with Crippen LogP contribution in [0.25, 0.3) is 6.08 Å². The zero-order valence-corrected chi connectivity index (χ0v) is 13.7. The van der Waals surface area contributed by atoms with Gasteiger partial charge in [-0.1, -0.05) is 59.1 Å². The van der Waals surface area contributed by atoms with E-state index in [9.17, 15) is 4.79 Å². The number of nitriles is 2. The summed E-state index contributed by atoms with van der Waals surface area (Å²) in [6.45, 7) is 0. The molecule has 6 heteroatoms. The number of carbonyl (C=O) groups is 1. The molecule has 0 aliphatic rings. The minimum Gasteiger partial charge on any atom is -0.289 e. The molecule has 0 aromatic heterocycles.